The molecule has 0 atom stereocenters. The minimum Gasteiger partial charge on any atom is -0.467 e. The molecule has 1 heterocycles. The van der Waals surface area contributed by atoms with Crippen LogP contribution in [0.15, 0.2) is 0 Å². The summed E-state index contributed by atoms with van der Waals surface area (Å²) < 4.78 is 4.96. The van der Waals surface area contributed by atoms with Crippen LogP contribution < -0.4 is 20.7 Å². The molecule has 1 aliphatic rings. The molecule has 1 aromatic rings. The van der Waals surface area contributed by atoms with Gasteiger partial charge in [0, 0.05) is 26.1 Å². The van der Waals surface area contributed by atoms with Crippen LogP contribution in [0.3, 0.4) is 0 Å². The van der Waals surface area contributed by atoms with E-state index in [0.29, 0.717) is 30.9 Å². The molecule has 8 nitrogen and oxygen atoms in total. The number of rotatable bonds is 7. The third-order valence-corrected chi connectivity index (χ3v) is 2.60. The SMILES string of the molecule is CNc1nc(NCCC(=O)NC2CC2)nc(OC)n1. The van der Waals surface area contributed by atoms with Crippen LogP contribution in [0, 0.1) is 0 Å². The van der Waals surface area contributed by atoms with E-state index in [4.69, 9.17) is 4.74 Å². The van der Waals surface area contributed by atoms with E-state index in [2.05, 4.69) is 30.9 Å². The van der Waals surface area contributed by atoms with Crippen molar-refractivity contribution in [3.8, 4) is 6.01 Å². The monoisotopic (exact) mass is 266 g/mol. The van der Waals surface area contributed by atoms with Crippen LogP contribution in [-0.2, 0) is 4.79 Å². The van der Waals surface area contributed by atoms with Crippen LogP contribution in [0.25, 0.3) is 0 Å². The first kappa shape index (κ1) is 13.3. The summed E-state index contributed by atoms with van der Waals surface area (Å²) in [4.78, 5) is 23.6. The zero-order valence-corrected chi connectivity index (χ0v) is 11.1. The van der Waals surface area contributed by atoms with Gasteiger partial charge in [0.1, 0.15) is 0 Å². The zero-order valence-electron chi connectivity index (χ0n) is 11.1. The van der Waals surface area contributed by atoms with E-state index < -0.39 is 0 Å². The summed E-state index contributed by atoms with van der Waals surface area (Å²) in [6, 6.07) is 0.616. The predicted octanol–water partition coefficient (Wildman–Crippen LogP) is 0.00250. The molecule has 0 bridgehead atoms. The Balaban J connectivity index is 1.82. The third-order valence-electron chi connectivity index (χ3n) is 2.60. The van der Waals surface area contributed by atoms with Crippen molar-refractivity contribution in [2.45, 2.75) is 25.3 Å². The number of nitrogens with one attached hydrogen (secondary N) is 3. The summed E-state index contributed by atoms with van der Waals surface area (Å²) in [6.45, 7) is 0.467. The number of hydrogen-bond donors (Lipinski definition) is 3. The summed E-state index contributed by atoms with van der Waals surface area (Å²) in [5.74, 6) is 0.845. The van der Waals surface area contributed by atoms with E-state index in [0.717, 1.165) is 12.8 Å². The summed E-state index contributed by atoms with van der Waals surface area (Å²) >= 11 is 0. The first-order valence-corrected chi connectivity index (χ1v) is 6.22. The highest BCUT2D eigenvalue weighted by Crippen LogP contribution is 2.18. The van der Waals surface area contributed by atoms with Crippen LogP contribution in [-0.4, -0.2) is 47.6 Å². The van der Waals surface area contributed by atoms with Gasteiger partial charge in [0.05, 0.1) is 7.11 Å². The fourth-order valence-electron chi connectivity index (χ4n) is 1.45. The fraction of sp³-hybridized carbons (Fsp3) is 0.636. The Morgan fingerprint density at radius 3 is 2.68 bits per heavy atom. The van der Waals surface area contributed by atoms with E-state index in [1.165, 1.54) is 7.11 Å². The van der Waals surface area contributed by atoms with Gasteiger partial charge in [-0.05, 0) is 12.8 Å². The molecule has 2 rings (SSSR count). The van der Waals surface area contributed by atoms with Crippen LogP contribution in [0.5, 0.6) is 6.01 Å². The maximum atomic E-state index is 11.5. The normalized spacial score (nSPS) is 13.8. The molecule has 3 N–H and O–H groups in total. The average Bonchev–Trinajstić information content (AvgIpc) is 3.22. The highest BCUT2D eigenvalue weighted by atomic mass is 16.5. The maximum absolute atomic E-state index is 11.5. The maximum Gasteiger partial charge on any atom is 0.322 e. The fourth-order valence-corrected chi connectivity index (χ4v) is 1.45. The standard InChI is InChI=1S/C11H18N6O2/c1-12-9-15-10(17-11(16-9)19-2)13-6-5-8(18)14-7-3-4-7/h7H,3-6H2,1-2H3,(H,14,18)(H2,12,13,15,16,17). The second kappa shape index (κ2) is 6.17. The number of ether oxygens (including phenoxy) is 1. The zero-order chi connectivity index (χ0) is 13.7. The number of aromatic nitrogens is 3. The Kier molecular flexibility index (Phi) is 4.32. The van der Waals surface area contributed by atoms with E-state index in [1.807, 2.05) is 0 Å². The van der Waals surface area contributed by atoms with Crippen molar-refractivity contribution in [2.75, 3.05) is 31.3 Å². The molecule has 1 saturated carbocycles. The van der Waals surface area contributed by atoms with Crippen LogP contribution >= 0.6 is 0 Å². The molecule has 0 aromatic carbocycles. The lowest BCUT2D eigenvalue weighted by molar-refractivity contribution is -0.120. The van der Waals surface area contributed by atoms with E-state index in [-0.39, 0.29) is 11.9 Å². The molecule has 8 heteroatoms. The molecule has 1 fully saturated rings. The second-order valence-corrected chi connectivity index (χ2v) is 4.24. The quantitative estimate of drug-likeness (QED) is 0.638. The van der Waals surface area contributed by atoms with Gasteiger partial charge < -0.3 is 20.7 Å². The molecule has 1 aromatic heterocycles. The molecule has 1 amide bonds. The van der Waals surface area contributed by atoms with Gasteiger partial charge in [-0.25, -0.2) is 0 Å². The summed E-state index contributed by atoms with van der Waals surface area (Å²) in [5.41, 5.74) is 0. The number of carbonyl (C=O) groups excluding carboxylic acids is 1. The van der Waals surface area contributed by atoms with Crippen molar-refractivity contribution in [1.82, 2.24) is 20.3 Å². The van der Waals surface area contributed by atoms with Gasteiger partial charge in [-0.3, -0.25) is 4.79 Å². The third kappa shape index (κ3) is 4.23. The Bertz CT molecular complexity index is 427. The lowest BCUT2D eigenvalue weighted by Crippen LogP contribution is -2.27. The van der Waals surface area contributed by atoms with Gasteiger partial charge in [-0.2, -0.15) is 15.0 Å². The molecule has 1 aliphatic carbocycles. The summed E-state index contributed by atoms with van der Waals surface area (Å²) in [5, 5.41) is 8.71. The number of anilines is 2. The molecule has 0 unspecified atom stereocenters. The Morgan fingerprint density at radius 1 is 1.32 bits per heavy atom. The van der Waals surface area contributed by atoms with E-state index >= 15 is 0 Å². The van der Waals surface area contributed by atoms with Gasteiger partial charge in [0.2, 0.25) is 17.8 Å². The van der Waals surface area contributed by atoms with Crippen molar-refractivity contribution in [1.29, 1.82) is 0 Å². The smallest absolute Gasteiger partial charge is 0.322 e. The van der Waals surface area contributed by atoms with E-state index in [9.17, 15) is 4.79 Å². The highest BCUT2D eigenvalue weighted by molar-refractivity contribution is 5.77. The molecule has 0 aliphatic heterocycles. The van der Waals surface area contributed by atoms with Crippen LogP contribution in [0.4, 0.5) is 11.9 Å². The Morgan fingerprint density at radius 2 is 2.05 bits per heavy atom. The average molecular weight is 266 g/mol. The van der Waals surface area contributed by atoms with Crippen molar-refractivity contribution in [3.63, 3.8) is 0 Å². The van der Waals surface area contributed by atoms with Crippen LogP contribution in [0.1, 0.15) is 19.3 Å². The molecule has 0 radical (unpaired) electrons. The summed E-state index contributed by atoms with van der Waals surface area (Å²) in [7, 11) is 3.20. The molecule has 104 valence electrons. The molecule has 19 heavy (non-hydrogen) atoms. The largest absolute Gasteiger partial charge is 0.467 e. The minimum atomic E-state index is 0.0462. The Hall–Kier alpha value is -2.12. The number of amides is 1. The van der Waals surface area contributed by atoms with E-state index in [1.54, 1.807) is 7.05 Å². The molecular formula is C11H18N6O2. The van der Waals surface area contributed by atoms with Gasteiger partial charge in [-0.1, -0.05) is 0 Å². The number of methoxy groups -OCH3 is 1. The van der Waals surface area contributed by atoms with Gasteiger partial charge in [-0.15, -0.1) is 0 Å². The van der Waals surface area contributed by atoms with Gasteiger partial charge >= 0.3 is 6.01 Å². The minimum absolute atomic E-state index is 0.0462. The highest BCUT2D eigenvalue weighted by Gasteiger charge is 2.22. The van der Waals surface area contributed by atoms with Crippen molar-refractivity contribution in [2.24, 2.45) is 0 Å². The van der Waals surface area contributed by atoms with Crippen LogP contribution in [0.2, 0.25) is 0 Å². The first-order chi connectivity index (χ1) is 9.21. The number of carbonyl (C=O) groups is 1. The van der Waals surface area contributed by atoms with Gasteiger partial charge in [0.25, 0.3) is 0 Å². The summed E-state index contributed by atoms with van der Waals surface area (Å²) in [6.07, 6.45) is 2.57. The topological polar surface area (TPSA) is 101 Å². The van der Waals surface area contributed by atoms with Crippen molar-refractivity contribution < 1.29 is 9.53 Å². The second-order valence-electron chi connectivity index (χ2n) is 4.24. The lowest BCUT2D eigenvalue weighted by atomic mass is 10.4. The number of hydrogen-bond acceptors (Lipinski definition) is 7. The molecule has 0 spiro atoms. The predicted molar refractivity (Wildman–Crippen MR) is 70.2 cm³/mol. The number of nitrogens with zero attached hydrogens (tertiary/aromatic N) is 3. The van der Waals surface area contributed by atoms with Gasteiger partial charge in [0.15, 0.2) is 0 Å². The van der Waals surface area contributed by atoms with Crippen molar-refractivity contribution >= 4 is 17.8 Å². The van der Waals surface area contributed by atoms with Crippen molar-refractivity contribution in [3.05, 3.63) is 0 Å². The first-order valence-electron chi connectivity index (χ1n) is 6.22. The Labute approximate surface area is 111 Å². The molecule has 0 saturated heterocycles. The molecular weight excluding hydrogens is 248 g/mol. The lowest BCUT2D eigenvalue weighted by Gasteiger charge is -2.07.